The highest BCUT2D eigenvalue weighted by atomic mass is 32.1. The molecule has 0 saturated carbocycles. The van der Waals surface area contributed by atoms with Crippen LogP contribution in [0.15, 0.2) is 53.3 Å². The molecule has 0 radical (unpaired) electrons. The summed E-state index contributed by atoms with van der Waals surface area (Å²) < 4.78 is 36.0. The molecular weight excluding hydrogens is 432 g/mol. The van der Waals surface area contributed by atoms with Crippen LogP contribution in [0.2, 0.25) is 0 Å². The molecule has 7 nitrogen and oxygen atoms in total. The van der Waals surface area contributed by atoms with E-state index in [1.54, 1.807) is 24.3 Å². The molecule has 0 amide bonds. The van der Waals surface area contributed by atoms with Crippen molar-refractivity contribution in [3.63, 3.8) is 0 Å². The number of ketones is 1. The van der Waals surface area contributed by atoms with E-state index in [2.05, 4.69) is 9.72 Å². The summed E-state index contributed by atoms with van der Waals surface area (Å²) in [4.78, 5) is 37.5. The third-order valence-corrected chi connectivity index (χ3v) is 4.95. The van der Waals surface area contributed by atoms with Crippen LogP contribution in [0.3, 0.4) is 0 Å². The van der Waals surface area contributed by atoms with E-state index in [1.807, 2.05) is 0 Å². The fraction of sp³-hybridized carbons (Fsp3) is 0.0952. The monoisotopic (exact) mass is 447 g/mol. The van der Waals surface area contributed by atoms with Gasteiger partial charge in [-0.15, -0.1) is 11.3 Å². The maximum absolute atomic E-state index is 13.1. The van der Waals surface area contributed by atoms with Crippen molar-refractivity contribution in [2.24, 2.45) is 0 Å². The number of ether oxygens (including phenoxy) is 2. The molecule has 0 atom stereocenters. The van der Waals surface area contributed by atoms with E-state index in [1.165, 1.54) is 31.4 Å². The summed E-state index contributed by atoms with van der Waals surface area (Å²) in [5, 5.41) is 8.39. The molecule has 0 spiro atoms. The summed E-state index contributed by atoms with van der Waals surface area (Å²) in [5.74, 6) is -2.43. The third-order valence-electron chi connectivity index (χ3n) is 3.99. The highest BCUT2D eigenvalue weighted by molar-refractivity contribution is 7.07. The van der Waals surface area contributed by atoms with Crippen LogP contribution in [-0.4, -0.2) is 35.1 Å². The predicted octanol–water partition coefficient (Wildman–Crippen LogP) is 1.99. The van der Waals surface area contributed by atoms with Crippen LogP contribution in [0.1, 0.15) is 15.9 Å². The van der Waals surface area contributed by atoms with E-state index < -0.39 is 17.6 Å². The zero-order valence-electron chi connectivity index (χ0n) is 15.9. The Kier molecular flexibility index (Phi) is 6.30. The van der Waals surface area contributed by atoms with Gasteiger partial charge in [0.1, 0.15) is 11.5 Å². The number of benzene rings is 2. The lowest BCUT2D eigenvalue weighted by atomic mass is 10.1. The second-order valence-electron chi connectivity index (χ2n) is 6.16. The van der Waals surface area contributed by atoms with E-state index in [9.17, 15) is 23.2 Å². The number of methoxy groups -OCH3 is 1. The zero-order chi connectivity index (χ0) is 22.6. The van der Waals surface area contributed by atoms with Crippen molar-refractivity contribution in [1.29, 1.82) is 0 Å². The number of thiazole rings is 1. The number of nitrogens with one attached hydrogen (secondary N) is 1. The number of carbonyl (C=O) groups is 2. The van der Waals surface area contributed by atoms with Crippen molar-refractivity contribution in [3.8, 4) is 11.5 Å². The quantitative estimate of drug-likeness (QED) is 0.537. The first-order valence-electron chi connectivity index (χ1n) is 8.69. The van der Waals surface area contributed by atoms with Crippen LogP contribution in [-0.2, 0) is 4.79 Å². The molecule has 0 bridgehead atoms. The Bertz CT molecular complexity index is 1280. The number of aromatic nitrogens is 1. The number of aliphatic carboxylic acids is 1. The number of carbonyl (C=O) groups excluding carboxylic acids is 1. The van der Waals surface area contributed by atoms with Gasteiger partial charge < -0.3 is 19.6 Å². The Balaban J connectivity index is 1.83. The maximum Gasteiger partial charge on any atom is 0.501 e. The number of carboxylic acids is 1. The molecule has 3 aromatic rings. The largest absolute Gasteiger partial charge is 0.501 e. The lowest BCUT2D eigenvalue weighted by Crippen LogP contribution is -2.34. The van der Waals surface area contributed by atoms with Crippen LogP contribution in [0.4, 0.5) is 8.78 Å². The Morgan fingerprint density at radius 3 is 2.26 bits per heavy atom. The van der Waals surface area contributed by atoms with Crippen molar-refractivity contribution in [2.75, 3.05) is 7.11 Å². The minimum absolute atomic E-state index is 0.290. The lowest BCUT2D eigenvalue weighted by molar-refractivity contribution is -0.210. The number of rotatable bonds is 7. The van der Waals surface area contributed by atoms with Crippen LogP contribution in [0.25, 0.3) is 12.2 Å². The highest BCUT2D eigenvalue weighted by Gasteiger charge is 2.42. The SMILES string of the molecule is COc1ccc(C(=O)/C=c2/[nH]c(=O)/c(=C/c3ccc(OC(F)(F)C(=O)O)cc3)s2)cc1. The predicted molar refractivity (Wildman–Crippen MR) is 109 cm³/mol. The van der Waals surface area contributed by atoms with Gasteiger partial charge in [-0.05, 0) is 48.0 Å². The Morgan fingerprint density at radius 2 is 1.68 bits per heavy atom. The summed E-state index contributed by atoms with van der Waals surface area (Å²) in [6.07, 6.45) is -1.55. The van der Waals surface area contributed by atoms with E-state index in [-0.39, 0.29) is 11.5 Å². The smallest absolute Gasteiger partial charge is 0.497 e. The number of hydrogen-bond acceptors (Lipinski definition) is 6. The second kappa shape index (κ2) is 8.92. The zero-order valence-corrected chi connectivity index (χ0v) is 16.7. The van der Waals surface area contributed by atoms with Gasteiger partial charge in [0.2, 0.25) is 0 Å². The van der Waals surface area contributed by atoms with Crippen LogP contribution in [0.5, 0.6) is 11.5 Å². The van der Waals surface area contributed by atoms with Gasteiger partial charge in [0.05, 0.1) is 16.3 Å². The number of carboxylic acid groups (broad SMARTS) is 1. The molecule has 0 aliphatic carbocycles. The summed E-state index contributed by atoms with van der Waals surface area (Å²) in [6, 6.07) is 11.6. The number of aromatic amines is 1. The van der Waals surface area contributed by atoms with Crippen LogP contribution in [0, 0.1) is 0 Å². The van der Waals surface area contributed by atoms with E-state index >= 15 is 0 Å². The number of H-pyrrole nitrogens is 1. The van der Waals surface area contributed by atoms with Gasteiger partial charge in [-0.3, -0.25) is 9.59 Å². The number of hydrogen-bond donors (Lipinski definition) is 2. The molecule has 2 aromatic carbocycles. The molecule has 31 heavy (non-hydrogen) atoms. The van der Waals surface area contributed by atoms with E-state index in [4.69, 9.17) is 9.84 Å². The third kappa shape index (κ3) is 5.43. The standard InChI is InChI=1S/C21H15F2NO6S/c1-29-14-8-4-13(5-9-14)16(25)11-18-24-19(26)17(31-18)10-12-2-6-15(7-3-12)30-21(22,23)20(27)28/h2-11H,1H3,(H,24,26)(H,27,28)/b17-10-,18-11-. The summed E-state index contributed by atoms with van der Waals surface area (Å²) in [5.41, 5.74) is 0.497. The fourth-order valence-corrected chi connectivity index (χ4v) is 3.34. The molecular formula is C21H15F2NO6S. The summed E-state index contributed by atoms with van der Waals surface area (Å²) >= 11 is 1.05. The fourth-order valence-electron chi connectivity index (χ4n) is 2.46. The second-order valence-corrected chi connectivity index (χ2v) is 7.24. The van der Waals surface area contributed by atoms with Crippen LogP contribution < -0.4 is 24.2 Å². The molecule has 0 unspecified atom stereocenters. The number of Topliss-reactive ketones (excluding diaryl/α,β-unsaturated/α-hetero) is 1. The Labute approximate surface area is 177 Å². The lowest BCUT2D eigenvalue weighted by Gasteiger charge is -2.12. The minimum Gasteiger partial charge on any atom is -0.497 e. The molecule has 1 aromatic heterocycles. The van der Waals surface area contributed by atoms with Crippen molar-refractivity contribution in [1.82, 2.24) is 4.98 Å². The van der Waals surface area contributed by atoms with E-state index in [0.717, 1.165) is 23.5 Å². The first-order valence-corrected chi connectivity index (χ1v) is 9.51. The molecule has 0 aliphatic rings. The summed E-state index contributed by atoms with van der Waals surface area (Å²) in [6.45, 7) is 0. The van der Waals surface area contributed by atoms with Gasteiger partial charge in [0, 0.05) is 11.6 Å². The van der Waals surface area contributed by atoms with Crippen LogP contribution >= 0.6 is 11.3 Å². The molecule has 0 aliphatic heterocycles. The summed E-state index contributed by atoms with van der Waals surface area (Å²) in [7, 11) is 1.52. The average Bonchev–Trinajstić information content (AvgIpc) is 3.07. The Morgan fingerprint density at radius 1 is 1.06 bits per heavy atom. The molecule has 0 fully saturated rings. The van der Waals surface area contributed by atoms with Gasteiger partial charge in [-0.1, -0.05) is 12.1 Å². The van der Waals surface area contributed by atoms with Gasteiger partial charge >= 0.3 is 12.1 Å². The minimum atomic E-state index is -4.35. The van der Waals surface area contributed by atoms with Gasteiger partial charge in [0.15, 0.2) is 5.78 Å². The molecule has 10 heteroatoms. The normalized spacial score (nSPS) is 12.6. The number of alkyl halides is 2. The van der Waals surface area contributed by atoms with E-state index in [0.29, 0.717) is 26.1 Å². The molecule has 0 saturated heterocycles. The molecule has 3 rings (SSSR count). The maximum atomic E-state index is 13.1. The number of halogens is 2. The van der Waals surface area contributed by atoms with Crippen molar-refractivity contribution in [2.45, 2.75) is 6.11 Å². The van der Waals surface area contributed by atoms with Crippen molar-refractivity contribution >= 4 is 35.2 Å². The van der Waals surface area contributed by atoms with Gasteiger partial charge in [0.25, 0.3) is 5.56 Å². The Hall–Kier alpha value is -3.79. The van der Waals surface area contributed by atoms with Gasteiger partial charge in [-0.25, -0.2) is 4.79 Å². The molecule has 160 valence electrons. The average molecular weight is 447 g/mol. The molecule has 1 heterocycles. The highest BCUT2D eigenvalue weighted by Crippen LogP contribution is 2.22. The van der Waals surface area contributed by atoms with Crippen molar-refractivity contribution < 1.29 is 33.0 Å². The molecule has 2 N–H and O–H groups in total. The first kappa shape index (κ1) is 21.9. The van der Waals surface area contributed by atoms with Crippen molar-refractivity contribution in [3.05, 3.63) is 79.2 Å². The first-order chi connectivity index (χ1) is 14.7. The topological polar surface area (TPSA) is 106 Å². The van der Waals surface area contributed by atoms with Gasteiger partial charge in [-0.2, -0.15) is 8.78 Å².